The highest BCUT2D eigenvalue weighted by Gasteiger charge is 2.41. The first kappa shape index (κ1) is 25.6. The van der Waals surface area contributed by atoms with E-state index in [9.17, 15) is 9.59 Å². The van der Waals surface area contributed by atoms with Crippen molar-refractivity contribution in [2.24, 2.45) is 5.92 Å². The summed E-state index contributed by atoms with van der Waals surface area (Å²) in [5, 5.41) is 0. The van der Waals surface area contributed by atoms with Crippen LogP contribution in [0.1, 0.15) is 23.1 Å². The quantitative estimate of drug-likeness (QED) is 0.363. The van der Waals surface area contributed by atoms with E-state index in [0.29, 0.717) is 39.1 Å². The molecule has 6 heteroatoms. The average Bonchev–Trinajstić information content (AvgIpc) is 3.27. The van der Waals surface area contributed by atoms with Crippen LogP contribution in [0.2, 0.25) is 0 Å². The van der Waals surface area contributed by atoms with Crippen molar-refractivity contribution < 1.29 is 19.1 Å². The molecule has 36 heavy (non-hydrogen) atoms. The van der Waals surface area contributed by atoms with Crippen LogP contribution < -0.4 is 0 Å². The van der Waals surface area contributed by atoms with Gasteiger partial charge in [0.05, 0.1) is 12.0 Å². The van der Waals surface area contributed by atoms with Crippen molar-refractivity contribution >= 4 is 12.0 Å². The van der Waals surface area contributed by atoms with Crippen molar-refractivity contribution in [3.63, 3.8) is 0 Å². The van der Waals surface area contributed by atoms with Gasteiger partial charge in [-0.1, -0.05) is 91.0 Å². The van der Waals surface area contributed by atoms with Gasteiger partial charge in [-0.2, -0.15) is 0 Å². The van der Waals surface area contributed by atoms with Crippen LogP contribution in [0.25, 0.3) is 0 Å². The van der Waals surface area contributed by atoms with E-state index in [1.165, 1.54) is 16.0 Å². The van der Waals surface area contributed by atoms with E-state index >= 15 is 0 Å². The van der Waals surface area contributed by atoms with Crippen molar-refractivity contribution in [1.29, 1.82) is 0 Å². The second-order valence-corrected chi connectivity index (χ2v) is 9.25. The smallest absolute Gasteiger partial charge is 0.416 e. The molecule has 6 nitrogen and oxygen atoms in total. The summed E-state index contributed by atoms with van der Waals surface area (Å²) in [5.74, 6) is -0.595. The molecule has 188 valence electrons. The van der Waals surface area contributed by atoms with Crippen molar-refractivity contribution in [3.8, 4) is 0 Å². The maximum absolute atomic E-state index is 13.8. The molecule has 0 spiro atoms. The Morgan fingerprint density at radius 2 is 1.44 bits per heavy atom. The minimum atomic E-state index is -0.555. The summed E-state index contributed by atoms with van der Waals surface area (Å²) >= 11 is 0. The lowest BCUT2D eigenvalue weighted by Crippen LogP contribution is -2.46. The molecule has 0 N–H and O–H groups in total. The van der Waals surface area contributed by atoms with Gasteiger partial charge in [-0.05, 0) is 29.5 Å². The summed E-state index contributed by atoms with van der Waals surface area (Å²) in [5.41, 5.74) is 3.42. The third-order valence-electron chi connectivity index (χ3n) is 6.51. The average molecular weight is 487 g/mol. The van der Waals surface area contributed by atoms with Gasteiger partial charge >= 0.3 is 6.09 Å². The summed E-state index contributed by atoms with van der Waals surface area (Å²) in [6.45, 7) is 2.56. The number of carbonyl (C=O) groups is 2. The van der Waals surface area contributed by atoms with E-state index in [1.807, 2.05) is 66.7 Å². The first-order valence-corrected chi connectivity index (χ1v) is 12.5. The Labute approximate surface area is 213 Å². The van der Waals surface area contributed by atoms with E-state index in [4.69, 9.17) is 9.47 Å². The zero-order valence-corrected chi connectivity index (χ0v) is 20.8. The number of rotatable bonds is 12. The fourth-order valence-electron chi connectivity index (χ4n) is 4.70. The molecule has 0 radical (unpaired) electrons. The number of hydrogen-bond acceptors (Lipinski definition) is 5. The molecule has 1 aliphatic heterocycles. The molecular weight excluding hydrogens is 452 g/mol. The molecule has 3 aromatic carbocycles. The molecule has 1 aliphatic rings. The van der Waals surface area contributed by atoms with Gasteiger partial charge in [0, 0.05) is 33.4 Å². The molecule has 4 rings (SSSR count). The molecule has 0 aromatic heterocycles. The Kier molecular flexibility index (Phi) is 9.25. The third kappa shape index (κ3) is 7.03. The Hall–Kier alpha value is -3.48. The first-order chi connectivity index (χ1) is 17.6. The van der Waals surface area contributed by atoms with E-state index in [2.05, 4.69) is 29.2 Å². The summed E-state index contributed by atoms with van der Waals surface area (Å²) < 4.78 is 10.7. The number of amides is 2. The minimum absolute atomic E-state index is 0.193. The van der Waals surface area contributed by atoms with Crippen LogP contribution in [-0.4, -0.2) is 54.7 Å². The maximum Gasteiger partial charge on any atom is 0.416 e. The Balaban J connectivity index is 1.54. The summed E-state index contributed by atoms with van der Waals surface area (Å²) in [6, 6.07) is 30.1. The van der Waals surface area contributed by atoms with Gasteiger partial charge in [0.1, 0.15) is 6.61 Å². The lowest BCUT2D eigenvalue weighted by Gasteiger charge is -2.30. The van der Waals surface area contributed by atoms with E-state index in [-0.39, 0.29) is 18.6 Å². The normalized spacial score (nSPS) is 16.2. The number of hydrogen-bond donors (Lipinski definition) is 0. The third-order valence-corrected chi connectivity index (χ3v) is 6.51. The number of ether oxygens (including phenoxy) is 2. The van der Waals surface area contributed by atoms with Crippen LogP contribution in [0, 0.1) is 5.92 Å². The minimum Gasteiger partial charge on any atom is -0.447 e. The molecule has 1 saturated heterocycles. The summed E-state index contributed by atoms with van der Waals surface area (Å²) in [7, 11) is 1.63. The lowest BCUT2D eigenvalue weighted by atomic mass is 9.99. The number of cyclic esters (lactones) is 1. The molecular formula is C30H34N2O4. The number of benzene rings is 3. The highest BCUT2D eigenvalue weighted by molar-refractivity contribution is 5.95. The van der Waals surface area contributed by atoms with Crippen LogP contribution in [0.15, 0.2) is 91.0 Å². The van der Waals surface area contributed by atoms with Crippen molar-refractivity contribution in [1.82, 2.24) is 9.80 Å². The Bertz CT molecular complexity index is 1050. The SMILES string of the molecule is COCCC(CN(Cc1ccccc1)Cc1ccccc1)C(=O)N1C(=O)OCC1Cc1ccccc1. The predicted octanol–water partition coefficient (Wildman–Crippen LogP) is 4.93. The van der Waals surface area contributed by atoms with E-state index in [0.717, 1.165) is 5.56 Å². The zero-order chi connectivity index (χ0) is 25.2. The van der Waals surface area contributed by atoms with Gasteiger partial charge < -0.3 is 9.47 Å². The van der Waals surface area contributed by atoms with E-state index < -0.39 is 12.0 Å². The number of methoxy groups -OCH3 is 1. The van der Waals surface area contributed by atoms with Crippen molar-refractivity contribution in [2.75, 3.05) is 26.9 Å². The Morgan fingerprint density at radius 3 is 1.97 bits per heavy atom. The second kappa shape index (κ2) is 13.0. The lowest BCUT2D eigenvalue weighted by molar-refractivity contribution is -0.134. The van der Waals surface area contributed by atoms with Crippen molar-refractivity contribution in [2.45, 2.75) is 32.0 Å². The molecule has 3 aromatic rings. The van der Waals surface area contributed by atoms with Crippen molar-refractivity contribution in [3.05, 3.63) is 108 Å². The van der Waals surface area contributed by atoms with Gasteiger partial charge in [-0.15, -0.1) is 0 Å². The van der Waals surface area contributed by atoms with Crippen LogP contribution in [0.4, 0.5) is 4.79 Å². The zero-order valence-electron chi connectivity index (χ0n) is 20.8. The fourth-order valence-corrected chi connectivity index (χ4v) is 4.70. The monoisotopic (exact) mass is 486 g/mol. The molecule has 0 bridgehead atoms. The largest absolute Gasteiger partial charge is 0.447 e. The summed E-state index contributed by atoms with van der Waals surface area (Å²) in [6.07, 6.45) is 0.547. The van der Waals surface area contributed by atoms with Crippen LogP contribution in [0.3, 0.4) is 0 Å². The highest BCUT2D eigenvalue weighted by Crippen LogP contribution is 2.23. The first-order valence-electron chi connectivity index (χ1n) is 12.5. The highest BCUT2D eigenvalue weighted by atomic mass is 16.6. The van der Waals surface area contributed by atoms with Crippen LogP contribution in [0.5, 0.6) is 0 Å². The molecule has 2 unspecified atom stereocenters. The van der Waals surface area contributed by atoms with Gasteiger partial charge in [0.15, 0.2) is 0 Å². The van der Waals surface area contributed by atoms with Crippen LogP contribution >= 0.6 is 0 Å². The molecule has 1 heterocycles. The molecule has 2 atom stereocenters. The second-order valence-electron chi connectivity index (χ2n) is 9.25. The van der Waals surface area contributed by atoms with Gasteiger partial charge in [-0.3, -0.25) is 9.69 Å². The van der Waals surface area contributed by atoms with Gasteiger partial charge in [0.25, 0.3) is 0 Å². The summed E-state index contributed by atoms with van der Waals surface area (Å²) in [4.78, 5) is 30.2. The molecule has 1 fully saturated rings. The molecule has 0 aliphatic carbocycles. The number of nitrogens with zero attached hydrogens (tertiary/aromatic N) is 2. The van der Waals surface area contributed by atoms with Gasteiger partial charge in [-0.25, -0.2) is 9.69 Å². The van der Waals surface area contributed by atoms with Gasteiger partial charge in [0.2, 0.25) is 5.91 Å². The Morgan fingerprint density at radius 1 is 0.917 bits per heavy atom. The molecule has 0 saturated carbocycles. The molecule has 2 amide bonds. The van der Waals surface area contributed by atoms with Crippen LogP contribution in [-0.2, 0) is 33.8 Å². The fraction of sp³-hybridized carbons (Fsp3) is 0.333. The predicted molar refractivity (Wildman–Crippen MR) is 139 cm³/mol. The number of carbonyl (C=O) groups excluding carboxylic acids is 2. The number of imide groups is 1. The standard InChI is InChI=1S/C30H34N2O4/c1-35-18-17-27(29(33)32-28(23-36-30(32)34)19-24-11-5-2-6-12-24)22-31(20-25-13-7-3-8-14-25)21-26-15-9-4-10-16-26/h2-16,27-28H,17-23H2,1H3. The maximum atomic E-state index is 13.8. The topological polar surface area (TPSA) is 59.1 Å². The van der Waals surface area contributed by atoms with E-state index in [1.54, 1.807) is 7.11 Å².